The van der Waals surface area contributed by atoms with Crippen LogP contribution in [0.25, 0.3) is 27.8 Å². The third-order valence-electron chi connectivity index (χ3n) is 3.68. The highest BCUT2D eigenvalue weighted by Crippen LogP contribution is 2.27. The van der Waals surface area contributed by atoms with Gasteiger partial charge in [0.15, 0.2) is 5.65 Å². The average molecular weight is 310 g/mol. The normalized spacial score (nSPS) is 11.2. The van der Waals surface area contributed by atoms with Crippen molar-refractivity contribution in [3.63, 3.8) is 0 Å². The zero-order valence-corrected chi connectivity index (χ0v) is 12.1. The predicted octanol–water partition coefficient (Wildman–Crippen LogP) is 2.39. The van der Waals surface area contributed by atoms with Gasteiger partial charge in [0.1, 0.15) is 11.6 Å². The van der Waals surface area contributed by atoms with Gasteiger partial charge in [0.2, 0.25) is 0 Å². The number of hydrogen-bond donors (Lipinski definition) is 1. The van der Waals surface area contributed by atoms with E-state index in [0.29, 0.717) is 28.0 Å². The van der Waals surface area contributed by atoms with Crippen LogP contribution in [0.5, 0.6) is 5.75 Å². The molecule has 3 heterocycles. The first-order chi connectivity index (χ1) is 11.2. The number of aromatic amines is 1. The first kappa shape index (κ1) is 13.4. The molecule has 0 unspecified atom stereocenters. The Bertz CT molecular complexity index is 1100. The van der Waals surface area contributed by atoms with Crippen LogP contribution in [-0.2, 0) is 0 Å². The molecule has 0 spiro atoms. The summed E-state index contributed by atoms with van der Waals surface area (Å²) in [6.07, 6.45) is 4.69. The van der Waals surface area contributed by atoms with Crippen molar-refractivity contribution in [2.75, 3.05) is 7.11 Å². The molecule has 0 saturated heterocycles. The van der Waals surface area contributed by atoms with Crippen molar-refractivity contribution >= 4 is 16.6 Å². The minimum atomic E-state index is -0.437. The van der Waals surface area contributed by atoms with Gasteiger partial charge in [-0.25, -0.2) is 14.2 Å². The Morgan fingerprint density at radius 1 is 1.30 bits per heavy atom. The van der Waals surface area contributed by atoms with E-state index < -0.39 is 5.82 Å². The number of benzene rings is 1. The van der Waals surface area contributed by atoms with E-state index >= 15 is 0 Å². The SMILES string of the molecule is COc1ccc(F)c(-c2cn3c(=O)[nH]c4ccncc4c3n2)c1. The summed E-state index contributed by atoms with van der Waals surface area (Å²) < 4.78 is 20.6. The number of nitrogens with one attached hydrogen (secondary N) is 1. The van der Waals surface area contributed by atoms with Gasteiger partial charge in [0.25, 0.3) is 0 Å². The fourth-order valence-corrected chi connectivity index (χ4v) is 2.54. The molecule has 114 valence electrons. The number of rotatable bonds is 2. The summed E-state index contributed by atoms with van der Waals surface area (Å²) in [5.74, 6) is 0.0759. The van der Waals surface area contributed by atoms with Gasteiger partial charge >= 0.3 is 5.69 Å². The van der Waals surface area contributed by atoms with Crippen LogP contribution in [-0.4, -0.2) is 26.5 Å². The number of aromatic nitrogens is 4. The Morgan fingerprint density at radius 2 is 2.17 bits per heavy atom. The maximum atomic E-state index is 14.1. The van der Waals surface area contributed by atoms with Crippen molar-refractivity contribution in [1.29, 1.82) is 0 Å². The van der Waals surface area contributed by atoms with Crippen molar-refractivity contribution in [3.8, 4) is 17.0 Å². The van der Waals surface area contributed by atoms with Gasteiger partial charge in [-0.2, -0.15) is 0 Å². The highest BCUT2D eigenvalue weighted by Gasteiger charge is 2.14. The van der Waals surface area contributed by atoms with Crippen LogP contribution in [0.15, 0.2) is 47.7 Å². The van der Waals surface area contributed by atoms with Crippen molar-refractivity contribution in [2.24, 2.45) is 0 Å². The van der Waals surface area contributed by atoms with Gasteiger partial charge < -0.3 is 9.72 Å². The van der Waals surface area contributed by atoms with Gasteiger partial charge in [-0.15, -0.1) is 0 Å². The molecule has 0 amide bonds. The number of pyridine rings is 1. The van der Waals surface area contributed by atoms with E-state index in [0.717, 1.165) is 0 Å². The summed E-state index contributed by atoms with van der Waals surface area (Å²) in [4.78, 5) is 23.4. The molecule has 0 atom stereocenters. The van der Waals surface area contributed by atoms with Crippen LogP contribution in [0.2, 0.25) is 0 Å². The lowest BCUT2D eigenvalue weighted by atomic mass is 10.1. The summed E-state index contributed by atoms with van der Waals surface area (Å²) in [6, 6.07) is 6.08. The predicted molar refractivity (Wildman–Crippen MR) is 83.1 cm³/mol. The molecule has 4 aromatic rings. The molecule has 7 heteroatoms. The summed E-state index contributed by atoms with van der Waals surface area (Å²) in [5.41, 5.74) is 1.32. The lowest BCUT2D eigenvalue weighted by Gasteiger charge is -2.03. The Balaban J connectivity index is 2.05. The molecular weight excluding hydrogens is 299 g/mol. The second kappa shape index (κ2) is 4.91. The number of imidazole rings is 1. The largest absolute Gasteiger partial charge is 0.497 e. The van der Waals surface area contributed by atoms with E-state index in [1.807, 2.05) is 0 Å². The molecule has 0 aliphatic heterocycles. The van der Waals surface area contributed by atoms with Gasteiger partial charge in [-0.1, -0.05) is 0 Å². The molecule has 0 radical (unpaired) electrons. The fourth-order valence-electron chi connectivity index (χ4n) is 2.54. The molecule has 0 fully saturated rings. The van der Waals surface area contributed by atoms with Gasteiger partial charge in [0.05, 0.1) is 23.7 Å². The third kappa shape index (κ3) is 2.05. The van der Waals surface area contributed by atoms with E-state index in [4.69, 9.17) is 4.74 Å². The molecule has 0 bridgehead atoms. The summed E-state index contributed by atoms with van der Waals surface area (Å²) in [6.45, 7) is 0. The van der Waals surface area contributed by atoms with Crippen LogP contribution < -0.4 is 10.4 Å². The second-order valence-corrected chi connectivity index (χ2v) is 5.02. The molecule has 1 N–H and O–H groups in total. The first-order valence-corrected chi connectivity index (χ1v) is 6.86. The number of halogens is 1. The monoisotopic (exact) mass is 310 g/mol. The first-order valence-electron chi connectivity index (χ1n) is 6.86. The van der Waals surface area contributed by atoms with E-state index in [-0.39, 0.29) is 11.3 Å². The molecule has 6 nitrogen and oxygen atoms in total. The molecule has 4 rings (SSSR count). The Morgan fingerprint density at radius 3 is 3.00 bits per heavy atom. The number of ether oxygens (including phenoxy) is 1. The minimum absolute atomic E-state index is 0.268. The number of hydrogen-bond acceptors (Lipinski definition) is 4. The quantitative estimate of drug-likeness (QED) is 0.617. The van der Waals surface area contributed by atoms with E-state index in [2.05, 4.69) is 15.0 Å². The highest BCUT2D eigenvalue weighted by molar-refractivity contribution is 5.91. The van der Waals surface area contributed by atoms with Crippen LogP contribution in [0.1, 0.15) is 0 Å². The Kier molecular flexibility index (Phi) is 2.87. The second-order valence-electron chi connectivity index (χ2n) is 5.02. The molecular formula is C16H11FN4O2. The Labute approximate surface area is 129 Å². The smallest absolute Gasteiger partial charge is 0.331 e. The lowest BCUT2D eigenvalue weighted by molar-refractivity contribution is 0.414. The summed E-state index contributed by atoms with van der Waals surface area (Å²) in [7, 11) is 1.50. The summed E-state index contributed by atoms with van der Waals surface area (Å²) >= 11 is 0. The fraction of sp³-hybridized carbons (Fsp3) is 0.0625. The van der Waals surface area contributed by atoms with Crippen molar-refractivity contribution < 1.29 is 9.13 Å². The number of H-pyrrole nitrogens is 1. The van der Waals surface area contributed by atoms with E-state index in [1.54, 1.807) is 24.5 Å². The molecule has 0 saturated carbocycles. The molecule has 0 aliphatic rings. The maximum absolute atomic E-state index is 14.1. The van der Waals surface area contributed by atoms with E-state index in [9.17, 15) is 9.18 Å². The third-order valence-corrected chi connectivity index (χ3v) is 3.68. The number of fused-ring (bicyclic) bond motifs is 3. The van der Waals surface area contributed by atoms with Crippen LogP contribution in [0.3, 0.4) is 0 Å². The highest BCUT2D eigenvalue weighted by atomic mass is 19.1. The van der Waals surface area contributed by atoms with Crippen molar-refractivity contribution in [3.05, 3.63) is 59.2 Å². The minimum Gasteiger partial charge on any atom is -0.497 e. The zero-order valence-electron chi connectivity index (χ0n) is 12.1. The van der Waals surface area contributed by atoms with Crippen LogP contribution in [0, 0.1) is 5.82 Å². The molecule has 0 aliphatic carbocycles. The van der Waals surface area contributed by atoms with E-state index in [1.165, 1.54) is 29.8 Å². The number of nitrogens with zero attached hydrogens (tertiary/aromatic N) is 3. The molecule has 1 aromatic carbocycles. The number of methoxy groups -OCH3 is 1. The zero-order chi connectivity index (χ0) is 16.0. The van der Waals surface area contributed by atoms with Crippen LogP contribution >= 0.6 is 0 Å². The topological polar surface area (TPSA) is 72.3 Å². The standard InChI is InChI=1S/C16H11FN4O2/c1-23-9-2-3-12(17)10(6-9)14-8-21-15(19-14)11-7-18-5-4-13(11)20-16(21)22/h2-8H,1H3,(H,20,22). The molecule has 3 aromatic heterocycles. The van der Waals surface area contributed by atoms with Gasteiger partial charge in [-0.3, -0.25) is 9.38 Å². The lowest BCUT2D eigenvalue weighted by Crippen LogP contribution is -2.15. The molecule has 23 heavy (non-hydrogen) atoms. The van der Waals surface area contributed by atoms with Gasteiger partial charge in [0, 0.05) is 24.2 Å². The maximum Gasteiger partial charge on any atom is 0.331 e. The Hall–Kier alpha value is -3.22. The van der Waals surface area contributed by atoms with Crippen LogP contribution in [0.4, 0.5) is 4.39 Å². The van der Waals surface area contributed by atoms with Gasteiger partial charge in [-0.05, 0) is 24.3 Å². The average Bonchev–Trinajstić information content (AvgIpc) is 3.01. The van der Waals surface area contributed by atoms with Crippen molar-refractivity contribution in [2.45, 2.75) is 0 Å². The van der Waals surface area contributed by atoms with Crippen molar-refractivity contribution in [1.82, 2.24) is 19.4 Å². The summed E-state index contributed by atoms with van der Waals surface area (Å²) in [5, 5.41) is 0.682.